The first kappa shape index (κ1) is 15.9. The van der Waals surface area contributed by atoms with E-state index < -0.39 is 0 Å². The standard InChI is InChI=1S/C14H23N5OS/c1-12(13-4-2-5-15-13)17-18-14(21)16-6-3-7-19-8-10-20-11-9-19/h2,4-5,15H,3,6-11H2,1H3,(H2,16,18,21)/p+1/b17-12+. The van der Waals surface area contributed by atoms with Crippen molar-refractivity contribution in [2.45, 2.75) is 13.3 Å². The molecule has 2 rings (SSSR count). The van der Waals surface area contributed by atoms with Crippen molar-refractivity contribution in [3.63, 3.8) is 0 Å². The van der Waals surface area contributed by atoms with Gasteiger partial charge in [0.1, 0.15) is 13.1 Å². The number of ether oxygens (including phenoxy) is 1. The first-order valence-corrected chi connectivity index (χ1v) is 7.80. The maximum absolute atomic E-state index is 5.34. The minimum Gasteiger partial charge on any atom is -0.370 e. The Labute approximate surface area is 130 Å². The second-order valence-corrected chi connectivity index (χ2v) is 5.52. The Kier molecular flexibility index (Phi) is 6.65. The molecule has 21 heavy (non-hydrogen) atoms. The third-order valence-electron chi connectivity index (χ3n) is 3.51. The zero-order valence-corrected chi connectivity index (χ0v) is 13.3. The van der Waals surface area contributed by atoms with E-state index >= 15 is 0 Å². The molecule has 0 saturated carbocycles. The topological polar surface area (TPSA) is 65.9 Å². The molecule has 0 unspecified atom stereocenters. The summed E-state index contributed by atoms with van der Waals surface area (Å²) >= 11 is 5.21. The molecule has 0 bridgehead atoms. The molecular formula is C14H24N5OS+. The molecule has 2 heterocycles. The number of morpholine rings is 1. The van der Waals surface area contributed by atoms with E-state index in [1.165, 1.54) is 0 Å². The third-order valence-corrected chi connectivity index (χ3v) is 3.74. The van der Waals surface area contributed by atoms with Gasteiger partial charge >= 0.3 is 0 Å². The van der Waals surface area contributed by atoms with Crippen molar-refractivity contribution < 1.29 is 9.64 Å². The Morgan fingerprint density at radius 3 is 3.00 bits per heavy atom. The Bertz CT molecular complexity index is 454. The average molecular weight is 310 g/mol. The zero-order chi connectivity index (χ0) is 14.9. The number of nitrogens with one attached hydrogen (secondary N) is 4. The van der Waals surface area contributed by atoms with E-state index in [0.29, 0.717) is 5.11 Å². The van der Waals surface area contributed by atoms with E-state index in [4.69, 9.17) is 17.0 Å². The van der Waals surface area contributed by atoms with Crippen LogP contribution in [0.1, 0.15) is 19.0 Å². The van der Waals surface area contributed by atoms with E-state index in [9.17, 15) is 0 Å². The van der Waals surface area contributed by atoms with Crippen LogP contribution < -0.4 is 15.6 Å². The summed E-state index contributed by atoms with van der Waals surface area (Å²) in [6.07, 6.45) is 2.97. The number of nitrogens with zero attached hydrogens (tertiary/aromatic N) is 1. The van der Waals surface area contributed by atoms with Crippen LogP contribution in [0.4, 0.5) is 0 Å². The number of H-pyrrole nitrogens is 1. The molecule has 6 nitrogen and oxygen atoms in total. The van der Waals surface area contributed by atoms with Crippen LogP contribution in [0.5, 0.6) is 0 Å². The number of thiocarbonyl (C=S) groups is 1. The maximum atomic E-state index is 5.34. The lowest BCUT2D eigenvalue weighted by Crippen LogP contribution is -3.14. The van der Waals surface area contributed by atoms with Gasteiger partial charge < -0.3 is 19.9 Å². The zero-order valence-electron chi connectivity index (χ0n) is 12.4. The van der Waals surface area contributed by atoms with Gasteiger partial charge in [-0.25, -0.2) is 0 Å². The minimum atomic E-state index is 0.567. The fourth-order valence-corrected chi connectivity index (χ4v) is 2.39. The van der Waals surface area contributed by atoms with Crippen LogP contribution in [0.15, 0.2) is 23.4 Å². The summed E-state index contributed by atoms with van der Waals surface area (Å²) in [6.45, 7) is 7.95. The van der Waals surface area contributed by atoms with E-state index in [-0.39, 0.29) is 0 Å². The van der Waals surface area contributed by atoms with Gasteiger partial charge in [-0.2, -0.15) is 5.10 Å². The molecule has 0 atom stereocenters. The van der Waals surface area contributed by atoms with Gasteiger partial charge in [0, 0.05) is 19.2 Å². The maximum Gasteiger partial charge on any atom is 0.186 e. The Morgan fingerprint density at radius 1 is 1.48 bits per heavy atom. The molecule has 1 aliphatic heterocycles. The first-order valence-electron chi connectivity index (χ1n) is 7.39. The predicted octanol–water partition coefficient (Wildman–Crippen LogP) is -0.492. The van der Waals surface area contributed by atoms with Crippen molar-refractivity contribution in [1.82, 2.24) is 15.7 Å². The van der Waals surface area contributed by atoms with E-state index in [2.05, 4.69) is 20.8 Å². The summed E-state index contributed by atoms with van der Waals surface area (Å²) in [7, 11) is 0. The molecule has 1 aliphatic rings. The highest BCUT2D eigenvalue weighted by Gasteiger charge is 2.12. The number of aromatic amines is 1. The minimum absolute atomic E-state index is 0.567. The molecule has 0 aromatic carbocycles. The second kappa shape index (κ2) is 8.76. The first-order chi connectivity index (χ1) is 10.3. The van der Waals surface area contributed by atoms with Gasteiger partial charge in [0.05, 0.1) is 31.2 Å². The van der Waals surface area contributed by atoms with Gasteiger partial charge in [0.25, 0.3) is 0 Å². The summed E-state index contributed by atoms with van der Waals surface area (Å²) in [5, 5.41) is 7.99. The summed E-state index contributed by atoms with van der Waals surface area (Å²) in [4.78, 5) is 4.72. The van der Waals surface area contributed by atoms with Crippen LogP contribution >= 0.6 is 12.2 Å². The second-order valence-electron chi connectivity index (χ2n) is 5.11. The number of aromatic nitrogens is 1. The quantitative estimate of drug-likeness (QED) is 0.248. The largest absolute Gasteiger partial charge is 0.370 e. The van der Waals surface area contributed by atoms with Gasteiger partial charge in [0.2, 0.25) is 0 Å². The molecule has 0 amide bonds. The van der Waals surface area contributed by atoms with Crippen molar-refractivity contribution in [3.8, 4) is 0 Å². The van der Waals surface area contributed by atoms with Gasteiger partial charge in [-0.1, -0.05) is 0 Å². The number of hydrogen-bond acceptors (Lipinski definition) is 3. The van der Waals surface area contributed by atoms with E-state index in [1.54, 1.807) is 4.90 Å². The van der Waals surface area contributed by atoms with Crippen LogP contribution in [-0.2, 0) is 4.74 Å². The third kappa shape index (κ3) is 5.82. The molecule has 116 valence electrons. The fraction of sp³-hybridized carbons (Fsp3) is 0.571. The number of rotatable bonds is 6. The summed E-state index contributed by atoms with van der Waals surface area (Å²) in [5.41, 5.74) is 4.73. The molecule has 1 aromatic rings. The molecule has 1 saturated heterocycles. The van der Waals surface area contributed by atoms with E-state index in [1.807, 2.05) is 25.3 Å². The molecule has 0 spiro atoms. The van der Waals surface area contributed by atoms with Crippen molar-refractivity contribution in [1.29, 1.82) is 0 Å². The summed E-state index contributed by atoms with van der Waals surface area (Å²) in [6, 6.07) is 3.92. The van der Waals surface area contributed by atoms with Gasteiger partial charge in [-0.05, 0) is 31.3 Å². The fourth-order valence-electron chi connectivity index (χ4n) is 2.24. The summed E-state index contributed by atoms with van der Waals surface area (Å²) in [5.74, 6) is 0. The lowest BCUT2D eigenvalue weighted by atomic mass is 10.3. The molecule has 7 heteroatoms. The van der Waals surface area contributed by atoms with Gasteiger partial charge in [-0.15, -0.1) is 0 Å². The number of hydrogen-bond donors (Lipinski definition) is 4. The monoisotopic (exact) mass is 310 g/mol. The van der Waals surface area contributed by atoms with Crippen molar-refractivity contribution in [3.05, 3.63) is 24.0 Å². The smallest absolute Gasteiger partial charge is 0.186 e. The number of quaternary nitrogens is 1. The predicted molar refractivity (Wildman–Crippen MR) is 87.7 cm³/mol. The van der Waals surface area contributed by atoms with Crippen molar-refractivity contribution >= 4 is 23.0 Å². The lowest BCUT2D eigenvalue weighted by molar-refractivity contribution is -0.908. The van der Waals surface area contributed by atoms with Crippen molar-refractivity contribution in [2.75, 3.05) is 39.4 Å². The van der Waals surface area contributed by atoms with Crippen LogP contribution in [0.2, 0.25) is 0 Å². The highest BCUT2D eigenvalue weighted by atomic mass is 32.1. The molecule has 0 aliphatic carbocycles. The Morgan fingerprint density at radius 2 is 2.29 bits per heavy atom. The van der Waals surface area contributed by atoms with Crippen LogP contribution in [0.3, 0.4) is 0 Å². The lowest BCUT2D eigenvalue weighted by Gasteiger charge is -2.23. The molecule has 1 fully saturated rings. The van der Waals surface area contributed by atoms with Crippen LogP contribution in [0.25, 0.3) is 0 Å². The van der Waals surface area contributed by atoms with Gasteiger partial charge in [-0.3, -0.25) is 5.43 Å². The van der Waals surface area contributed by atoms with Crippen molar-refractivity contribution in [2.24, 2.45) is 5.10 Å². The molecule has 0 radical (unpaired) electrons. The average Bonchev–Trinajstić information content (AvgIpc) is 3.05. The molecular weight excluding hydrogens is 286 g/mol. The van der Waals surface area contributed by atoms with Crippen LogP contribution in [-0.4, -0.2) is 55.2 Å². The summed E-state index contributed by atoms with van der Waals surface area (Å²) < 4.78 is 5.34. The van der Waals surface area contributed by atoms with Gasteiger partial charge in [0.15, 0.2) is 5.11 Å². The SMILES string of the molecule is C/C(=N\NC(=S)NCCC[NH+]1CCOCC1)c1ccc[nH]1. The van der Waals surface area contributed by atoms with E-state index in [0.717, 1.165) is 57.2 Å². The Balaban J connectivity index is 1.58. The Hall–Kier alpha value is -1.44. The number of hydrazone groups is 1. The highest BCUT2D eigenvalue weighted by Crippen LogP contribution is 1.95. The molecule has 1 aromatic heterocycles. The molecule has 4 N–H and O–H groups in total. The highest BCUT2D eigenvalue weighted by molar-refractivity contribution is 7.80. The normalized spacial score (nSPS) is 16.7. The van der Waals surface area contributed by atoms with Crippen LogP contribution in [0, 0.1) is 0 Å².